The summed E-state index contributed by atoms with van der Waals surface area (Å²) in [6.07, 6.45) is 0.691. The van der Waals surface area contributed by atoms with Crippen molar-refractivity contribution >= 4 is 5.97 Å². The van der Waals surface area contributed by atoms with E-state index in [4.69, 9.17) is 0 Å². The van der Waals surface area contributed by atoms with Crippen molar-refractivity contribution in [1.82, 2.24) is 0 Å². The van der Waals surface area contributed by atoms with E-state index in [-0.39, 0.29) is 11.3 Å². The Hall–Kier alpha value is -2.09. The lowest BCUT2D eigenvalue weighted by Crippen LogP contribution is -2.16. The summed E-state index contributed by atoms with van der Waals surface area (Å²) in [7, 11) is 0. The summed E-state index contributed by atoms with van der Waals surface area (Å²) >= 11 is 0. The second kappa shape index (κ2) is 3.98. The fourth-order valence-electron chi connectivity index (χ4n) is 2.84. The fourth-order valence-corrected chi connectivity index (χ4v) is 2.84. The third-order valence-corrected chi connectivity index (χ3v) is 3.84. The molecule has 0 saturated heterocycles. The minimum absolute atomic E-state index is 0.303. The molecule has 2 nitrogen and oxygen atoms in total. The van der Waals surface area contributed by atoms with E-state index in [2.05, 4.69) is 0 Å². The van der Waals surface area contributed by atoms with Gasteiger partial charge < -0.3 is 5.11 Å². The summed E-state index contributed by atoms with van der Waals surface area (Å²) in [5.74, 6) is -1.01. The van der Waals surface area contributed by atoms with Crippen LogP contribution >= 0.6 is 0 Å². The second-order valence-electron chi connectivity index (χ2n) is 4.80. The molecule has 3 rings (SSSR count). The van der Waals surface area contributed by atoms with Gasteiger partial charge >= 0.3 is 5.97 Å². The zero-order valence-electron chi connectivity index (χ0n) is 9.91. The van der Waals surface area contributed by atoms with Crippen molar-refractivity contribution in [3.63, 3.8) is 0 Å². The molecule has 0 heterocycles. The molecule has 2 aromatic rings. The molecule has 0 amide bonds. The van der Waals surface area contributed by atoms with Crippen LogP contribution in [0.1, 0.15) is 17.5 Å². The Morgan fingerprint density at radius 1 is 0.944 bits per heavy atom. The van der Waals surface area contributed by atoms with Gasteiger partial charge in [0, 0.05) is 5.41 Å². The van der Waals surface area contributed by atoms with Gasteiger partial charge in [-0.1, -0.05) is 60.7 Å². The maximum absolute atomic E-state index is 11.3. The Labute approximate surface area is 106 Å². The highest BCUT2D eigenvalue weighted by atomic mass is 16.4. The normalized spacial score (nSPS) is 20.3. The lowest BCUT2D eigenvalue weighted by atomic mass is 9.86. The minimum Gasteiger partial charge on any atom is -0.481 e. The molecular weight excluding hydrogens is 224 g/mol. The highest BCUT2D eigenvalue weighted by molar-refractivity contribution is 5.79. The van der Waals surface area contributed by atoms with Crippen LogP contribution in [-0.4, -0.2) is 11.1 Å². The maximum atomic E-state index is 11.3. The van der Waals surface area contributed by atoms with Gasteiger partial charge in [0.2, 0.25) is 0 Å². The molecular formula is C16H14O2. The first kappa shape index (κ1) is 11.0. The Bertz CT molecular complexity index is 521. The van der Waals surface area contributed by atoms with Crippen molar-refractivity contribution in [2.24, 2.45) is 5.92 Å². The number of carboxylic acids is 1. The van der Waals surface area contributed by atoms with Crippen molar-refractivity contribution in [3.05, 3.63) is 71.8 Å². The van der Waals surface area contributed by atoms with Crippen LogP contribution in [0, 0.1) is 5.92 Å². The molecule has 0 unspecified atom stereocenters. The number of aliphatic carboxylic acids is 1. The Balaban J connectivity index is 2.11. The molecule has 2 heteroatoms. The summed E-state index contributed by atoms with van der Waals surface area (Å²) in [5, 5.41) is 9.31. The Morgan fingerprint density at radius 2 is 1.39 bits per heavy atom. The maximum Gasteiger partial charge on any atom is 0.307 e. The van der Waals surface area contributed by atoms with E-state index in [0.29, 0.717) is 6.42 Å². The second-order valence-corrected chi connectivity index (χ2v) is 4.80. The van der Waals surface area contributed by atoms with Crippen LogP contribution in [0.2, 0.25) is 0 Å². The third kappa shape index (κ3) is 1.53. The third-order valence-electron chi connectivity index (χ3n) is 3.84. The van der Waals surface area contributed by atoms with Crippen LogP contribution in [0.25, 0.3) is 0 Å². The van der Waals surface area contributed by atoms with Crippen LogP contribution in [0.5, 0.6) is 0 Å². The first-order valence-corrected chi connectivity index (χ1v) is 6.09. The van der Waals surface area contributed by atoms with Crippen molar-refractivity contribution in [2.75, 3.05) is 0 Å². The Morgan fingerprint density at radius 3 is 1.72 bits per heavy atom. The van der Waals surface area contributed by atoms with Gasteiger partial charge in [0.05, 0.1) is 5.92 Å². The number of hydrogen-bond acceptors (Lipinski definition) is 1. The molecule has 0 aromatic heterocycles. The van der Waals surface area contributed by atoms with Gasteiger partial charge in [-0.05, 0) is 17.5 Å². The monoisotopic (exact) mass is 238 g/mol. The summed E-state index contributed by atoms with van der Waals surface area (Å²) < 4.78 is 0. The van der Waals surface area contributed by atoms with E-state index in [1.807, 2.05) is 60.7 Å². The first-order valence-electron chi connectivity index (χ1n) is 6.09. The number of rotatable bonds is 3. The number of benzene rings is 2. The Kier molecular flexibility index (Phi) is 2.44. The lowest BCUT2D eigenvalue weighted by molar-refractivity contribution is -0.138. The van der Waals surface area contributed by atoms with Crippen molar-refractivity contribution in [2.45, 2.75) is 11.8 Å². The van der Waals surface area contributed by atoms with Crippen LogP contribution in [0.4, 0.5) is 0 Å². The highest BCUT2D eigenvalue weighted by Crippen LogP contribution is 2.58. The first-order chi connectivity index (χ1) is 8.75. The standard InChI is InChI=1S/C16H14O2/c17-15(18)14-11-16(14,12-7-3-1-4-8-12)13-9-5-2-6-10-13/h1-10,14H,11H2,(H,17,18)/t14-/m0/s1. The van der Waals surface area contributed by atoms with E-state index < -0.39 is 5.97 Å². The lowest BCUT2D eigenvalue weighted by Gasteiger charge is -2.17. The summed E-state index contributed by atoms with van der Waals surface area (Å²) in [4.78, 5) is 11.3. The molecule has 1 N–H and O–H groups in total. The van der Waals surface area contributed by atoms with Gasteiger partial charge in [-0.3, -0.25) is 4.79 Å². The van der Waals surface area contributed by atoms with Crippen LogP contribution < -0.4 is 0 Å². The van der Waals surface area contributed by atoms with E-state index >= 15 is 0 Å². The summed E-state index contributed by atoms with van der Waals surface area (Å²) in [5.41, 5.74) is 1.88. The van der Waals surface area contributed by atoms with E-state index in [0.717, 1.165) is 11.1 Å². The summed E-state index contributed by atoms with van der Waals surface area (Å²) in [6, 6.07) is 19.9. The largest absolute Gasteiger partial charge is 0.481 e. The molecule has 90 valence electrons. The van der Waals surface area contributed by atoms with E-state index in [9.17, 15) is 9.90 Å². The molecule has 1 saturated carbocycles. The van der Waals surface area contributed by atoms with Crippen molar-refractivity contribution in [1.29, 1.82) is 0 Å². The minimum atomic E-state index is -0.706. The smallest absolute Gasteiger partial charge is 0.307 e. The molecule has 2 aromatic carbocycles. The number of carboxylic acid groups (broad SMARTS) is 1. The van der Waals surface area contributed by atoms with Gasteiger partial charge in [-0.15, -0.1) is 0 Å². The topological polar surface area (TPSA) is 37.3 Å². The van der Waals surface area contributed by atoms with Crippen LogP contribution in [0.15, 0.2) is 60.7 Å². The highest BCUT2D eigenvalue weighted by Gasteiger charge is 2.60. The number of carbonyl (C=O) groups is 1. The summed E-state index contributed by atoms with van der Waals surface area (Å²) in [6.45, 7) is 0. The van der Waals surface area contributed by atoms with Gasteiger partial charge in [0.1, 0.15) is 0 Å². The van der Waals surface area contributed by atoms with Crippen molar-refractivity contribution < 1.29 is 9.90 Å². The zero-order valence-corrected chi connectivity index (χ0v) is 9.91. The molecule has 0 aliphatic heterocycles. The SMILES string of the molecule is O=C(O)[C@@H]1CC1(c1ccccc1)c1ccccc1. The van der Waals surface area contributed by atoms with Crippen LogP contribution in [0.3, 0.4) is 0 Å². The van der Waals surface area contributed by atoms with Crippen molar-refractivity contribution in [3.8, 4) is 0 Å². The van der Waals surface area contributed by atoms with E-state index in [1.165, 1.54) is 0 Å². The fraction of sp³-hybridized carbons (Fsp3) is 0.188. The predicted octanol–water partition coefficient (Wildman–Crippen LogP) is 3.08. The van der Waals surface area contributed by atoms with Gasteiger partial charge in [0.25, 0.3) is 0 Å². The number of hydrogen-bond donors (Lipinski definition) is 1. The molecule has 18 heavy (non-hydrogen) atoms. The average molecular weight is 238 g/mol. The molecule has 1 atom stereocenters. The van der Waals surface area contributed by atoms with E-state index in [1.54, 1.807) is 0 Å². The van der Waals surface area contributed by atoms with Gasteiger partial charge in [-0.2, -0.15) is 0 Å². The average Bonchev–Trinajstić information content (AvgIpc) is 3.18. The molecule has 0 bridgehead atoms. The molecule has 0 radical (unpaired) electrons. The molecule has 0 spiro atoms. The zero-order chi connectivity index (χ0) is 12.6. The van der Waals surface area contributed by atoms with Gasteiger partial charge in [-0.25, -0.2) is 0 Å². The molecule has 1 aliphatic carbocycles. The van der Waals surface area contributed by atoms with Crippen LogP contribution in [-0.2, 0) is 10.2 Å². The quantitative estimate of drug-likeness (QED) is 0.892. The predicted molar refractivity (Wildman–Crippen MR) is 69.4 cm³/mol. The molecule has 1 fully saturated rings. The molecule has 1 aliphatic rings. The van der Waals surface area contributed by atoms with Gasteiger partial charge in [0.15, 0.2) is 0 Å².